The van der Waals surface area contributed by atoms with Crippen molar-refractivity contribution in [2.24, 2.45) is 0 Å². The zero-order chi connectivity index (χ0) is 19.5. The van der Waals surface area contributed by atoms with Gasteiger partial charge in [-0.1, -0.05) is 25.0 Å². The van der Waals surface area contributed by atoms with Crippen LogP contribution in [0.25, 0.3) is 0 Å². The normalized spacial score (nSPS) is 21.0. The van der Waals surface area contributed by atoms with Crippen LogP contribution in [0.4, 0.5) is 5.69 Å². The number of nitrogens with one attached hydrogen (secondary N) is 2. The van der Waals surface area contributed by atoms with Crippen LogP contribution >= 0.6 is 0 Å². The lowest BCUT2D eigenvalue weighted by Crippen LogP contribution is -2.46. The quantitative estimate of drug-likeness (QED) is 0.762. The number of nitrogens with zero attached hydrogens (tertiary/aromatic N) is 2. The zero-order valence-electron chi connectivity index (χ0n) is 16.9. The molecular formula is C22H32N4O2. The van der Waals surface area contributed by atoms with Crippen LogP contribution in [0.2, 0.25) is 0 Å². The number of hydrogen-bond acceptors (Lipinski definition) is 4. The Morgan fingerprint density at radius 1 is 1.07 bits per heavy atom. The van der Waals surface area contributed by atoms with Gasteiger partial charge in [-0.3, -0.25) is 14.5 Å². The van der Waals surface area contributed by atoms with Gasteiger partial charge in [-0.2, -0.15) is 0 Å². The molecule has 3 aliphatic rings. The smallest absolute Gasteiger partial charge is 0.309 e. The highest BCUT2D eigenvalue weighted by molar-refractivity contribution is 6.35. The van der Waals surface area contributed by atoms with E-state index >= 15 is 0 Å². The highest BCUT2D eigenvalue weighted by atomic mass is 16.2. The molecule has 6 heteroatoms. The molecule has 2 N–H and O–H groups in total. The second kappa shape index (κ2) is 8.52. The number of likely N-dealkylation sites (tertiary alicyclic amines) is 1. The van der Waals surface area contributed by atoms with E-state index in [2.05, 4.69) is 45.7 Å². The summed E-state index contributed by atoms with van der Waals surface area (Å²) in [5.41, 5.74) is 3.94. The number of benzene rings is 1. The highest BCUT2D eigenvalue weighted by Gasteiger charge is 2.27. The van der Waals surface area contributed by atoms with Gasteiger partial charge in [0.1, 0.15) is 0 Å². The van der Waals surface area contributed by atoms with Crippen LogP contribution in [-0.2, 0) is 16.0 Å². The number of hydrogen-bond donors (Lipinski definition) is 2. The molecule has 28 heavy (non-hydrogen) atoms. The second-order valence-corrected chi connectivity index (χ2v) is 8.48. The summed E-state index contributed by atoms with van der Waals surface area (Å²) in [6, 6.07) is 6.99. The largest absolute Gasteiger partial charge is 0.374 e. The predicted octanol–water partition coefficient (Wildman–Crippen LogP) is 1.99. The molecule has 1 saturated heterocycles. The fourth-order valence-corrected chi connectivity index (χ4v) is 4.90. The molecule has 0 radical (unpaired) electrons. The van der Waals surface area contributed by atoms with E-state index in [9.17, 15) is 9.59 Å². The van der Waals surface area contributed by atoms with Crippen LogP contribution in [0.1, 0.15) is 55.7 Å². The summed E-state index contributed by atoms with van der Waals surface area (Å²) in [6.07, 6.45) is 7.70. The van der Waals surface area contributed by atoms with E-state index in [4.69, 9.17) is 0 Å². The average molecular weight is 385 g/mol. The first kappa shape index (κ1) is 19.2. The van der Waals surface area contributed by atoms with Crippen LogP contribution in [0.5, 0.6) is 0 Å². The van der Waals surface area contributed by atoms with Crippen molar-refractivity contribution in [3.05, 3.63) is 29.3 Å². The Balaban J connectivity index is 1.42. The van der Waals surface area contributed by atoms with E-state index in [1.807, 2.05) is 0 Å². The molecule has 6 nitrogen and oxygen atoms in total. The van der Waals surface area contributed by atoms with E-state index in [0.717, 1.165) is 51.7 Å². The van der Waals surface area contributed by atoms with Crippen LogP contribution in [0.15, 0.2) is 18.2 Å². The molecule has 2 amide bonds. The topological polar surface area (TPSA) is 64.7 Å². The molecule has 0 spiro atoms. The Labute approximate surface area is 167 Å². The second-order valence-electron chi connectivity index (χ2n) is 8.48. The van der Waals surface area contributed by atoms with Crippen molar-refractivity contribution in [2.75, 3.05) is 38.1 Å². The molecule has 2 heterocycles. The van der Waals surface area contributed by atoms with Gasteiger partial charge in [-0.05, 0) is 62.4 Å². The van der Waals surface area contributed by atoms with Gasteiger partial charge in [0.2, 0.25) is 0 Å². The third-order valence-corrected chi connectivity index (χ3v) is 6.55. The molecule has 152 valence electrons. The Kier molecular flexibility index (Phi) is 5.85. The van der Waals surface area contributed by atoms with Gasteiger partial charge >= 0.3 is 11.8 Å². The van der Waals surface area contributed by atoms with Gasteiger partial charge in [0, 0.05) is 31.9 Å². The molecular weight excluding hydrogens is 352 g/mol. The number of anilines is 1. The van der Waals surface area contributed by atoms with Crippen molar-refractivity contribution < 1.29 is 9.59 Å². The maximum absolute atomic E-state index is 12.4. The van der Waals surface area contributed by atoms with E-state index in [-0.39, 0.29) is 12.1 Å². The molecule has 4 rings (SSSR count). The van der Waals surface area contributed by atoms with Crippen molar-refractivity contribution in [3.63, 3.8) is 0 Å². The van der Waals surface area contributed by atoms with E-state index in [1.54, 1.807) is 0 Å². The Bertz CT molecular complexity index is 723. The van der Waals surface area contributed by atoms with E-state index < -0.39 is 11.8 Å². The number of carbonyl (C=O) groups excluding carboxylic acids is 2. The van der Waals surface area contributed by atoms with Gasteiger partial charge in [-0.25, -0.2) is 0 Å². The van der Waals surface area contributed by atoms with Gasteiger partial charge in [0.25, 0.3) is 0 Å². The Morgan fingerprint density at radius 2 is 1.82 bits per heavy atom. The molecule has 1 atom stereocenters. The molecule has 1 aromatic rings. The van der Waals surface area contributed by atoms with Crippen molar-refractivity contribution in [1.29, 1.82) is 0 Å². The fourth-order valence-electron chi connectivity index (χ4n) is 4.90. The fraction of sp³-hybridized carbons (Fsp3) is 0.636. The number of fused-ring (bicyclic) bond motifs is 1. The van der Waals surface area contributed by atoms with E-state index in [1.165, 1.54) is 29.7 Å². The lowest BCUT2D eigenvalue weighted by Gasteiger charge is -2.29. The minimum Gasteiger partial charge on any atom is -0.374 e. The molecule has 0 aromatic heterocycles. The van der Waals surface area contributed by atoms with Crippen molar-refractivity contribution >= 4 is 17.5 Å². The van der Waals surface area contributed by atoms with Gasteiger partial charge in [0.05, 0.1) is 6.04 Å². The summed E-state index contributed by atoms with van der Waals surface area (Å²) < 4.78 is 0. The molecule has 1 aromatic carbocycles. The van der Waals surface area contributed by atoms with Crippen molar-refractivity contribution in [3.8, 4) is 0 Å². The summed E-state index contributed by atoms with van der Waals surface area (Å²) >= 11 is 0. The highest BCUT2D eigenvalue weighted by Crippen LogP contribution is 2.32. The predicted molar refractivity (Wildman–Crippen MR) is 110 cm³/mol. The lowest BCUT2D eigenvalue weighted by molar-refractivity contribution is -0.139. The van der Waals surface area contributed by atoms with Crippen LogP contribution in [0.3, 0.4) is 0 Å². The summed E-state index contributed by atoms with van der Waals surface area (Å²) in [5, 5.41) is 5.79. The molecule has 1 saturated carbocycles. The summed E-state index contributed by atoms with van der Waals surface area (Å²) in [7, 11) is 2.13. The standard InChI is InChI=1S/C22H32N4O2/c1-25-13-10-17-14-16(8-9-19(17)25)20(26-11-4-5-12-26)15-23-21(27)22(28)24-18-6-2-3-7-18/h8-9,14,18,20H,2-7,10-13,15H2,1H3,(H,23,27)(H,24,28)/t20-/m0/s1. The summed E-state index contributed by atoms with van der Waals surface area (Å²) in [5.74, 6) is -0.986. The Morgan fingerprint density at radius 3 is 2.57 bits per heavy atom. The number of rotatable bonds is 5. The van der Waals surface area contributed by atoms with Gasteiger partial charge in [-0.15, -0.1) is 0 Å². The van der Waals surface area contributed by atoms with Crippen LogP contribution in [-0.4, -0.2) is 56.0 Å². The third-order valence-electron chi connectivity index (χ3n) is 6.55. The minimum atomic E-state index is -0.503. The first-order valence-electron chi connectivity index (χ1n) is 10.8. The zero-order valence-corrected chi connectivity index (χ0v) is 16.9. The summed E-state index contributed by atoms with van der Waals surface area (Å²) in [6.45, 7) is 3.63. The molecule has 1 aliphatic carbocycles. The van der Waals surface area contributed by atoms with E-state index in [0.29, 0.717) is 6.54 Å². The molecule has 0 bridgehead atoms. The van der Waals surface area contributed by atoms with Crippen molar-refractivity contribution in [1.82, 2.24) is 15.5 Å². The summed E-state index contributed by atoms with van der Waals surface area (Å²) in [4.78, 5) is 29.3. The molecule has 0 unspecified atom stereocenters. The maximum Gasteiger partial charge on any atom is 0.309 e. The number of amides is 2. The average Bonchev–Trinajstić information content (AvgIpc) is 3.45. The maximum atomic E-state index is 12.4. The first-order chi connectivity index (χ1) is 13.6. The number of carbonyl (C=O) groups is 2. The van der Waals surface area contributed by atoms with Crippen LogP contribution < -0.4 is 15.5 Å². The molecule has 2 fully saturated rings. The molecule has 2 aliphatic heterocycles. The Hall–Kier alpha value is -2.08. The monoisotopic (exact) mass is 384 g/mol. The van der Waals surface area contributed by atoms with Crippen molar-refractivity contribution in [2.45, 2.75) is 57.0 Å². The minimum absolute atomic E-state index is 0.127. The van der Waals surface area contributed by atoms with Gasteiger partial charge < -0.3 is 15.5 Å². The third kappa shape index (κ3) is 4.17. The van der Waals surface area contributed by atoms with Gasteiger partial charge in [0.15, 0.2) is 0 Å². The van der Waals surface area contributed by atoms with Crippen LogP contribution in [0, 0.1) is 0 Å². The number of likely N-dealkylation sites (N-methyl/N-ethyl adjacent to an activating group) is 1. The SMILES string of the molecule is CN1CCc2cc([C@H](CNC(=O)C(=O)NC3CCCC3)N3CCCC3)ccc21. The first-order valence-corrected chi connectivity index (χ1v) is 10.8. The lowest BCUT2D eigenvalue weighted by atomic mass is 10.0.